The van der Waals surface area contributed by atoms with Crippen LogP contribution in [0.1, 0.15) is 19.3 Å². The van der Waals surface area contributed by atoms with Crippen LogP contribution in [0.3, 0.4) is 0 Å². The number of hydrogen-bond acceptors (Lipinski definition) is 7. The van der Waals surface area contributed by atoms with Crippen LogP contribution < -0.4 is 10.5 Å². The zero-order valence-electron chi connectivity index (χ0n) is 16.0. The van der Waals surface area contributed by atoms with Crippen LogP contribution in [0.2, 0.25) is 0 Å². The highest BCUT2D eigenvalue weighted by Gasteiger charge is 2.21. The minimum atomic E-state index is -4.01. The second kappa shape index (κ2) is 10.1. The largest absolute Gasteiger partial charge is 0.376 e. The van der Waals surface area contributed by atoms with Crippen molar-refractivity contribution in [3.05, 3.63) is 51.4 Å². The van der Waals surface area contributed by atoms with Gasteiger partial charge in [0.2, 0.25) is 10.0 Å². The third-order valence-electron chi connectivity index (χ3n) is 4.19. The number of sulfonamides is 1. The number of nitro groups is 1. The number of thioether (sulfide) groups is 1. The fourth-order valence-corrected chi connectivity index (χ4v) is 4.29. The number of nitrogens with two attached hydrogens (primary N) is 1. The molecule has 1 unspecified atom stereocenters. The second-order valence-corrected chi connectivity index (χ2v) is 9.47. The van der Waals surface area contributed by atoms with E-state index in [4.69, 9.17) is 5.14 Å². The van der Waals surface area contributed by atoms with Crippen molar-refractivity contribution >= 4 is 33.2 Å². The molecule has 1 aromatic rings. The van der Waals surface area contributed by atoms with Gasteiger partial charge in [-0.25, -0.2) is 13.6 Å². The molecule has 0 amide bonds. The predicted octanol–water partition coefficient (Wildman–Crippen LogP) is 2.94. The van der Waals surface area contributed by atoms with Crippen LogP contribution >= 0.6 is 11.8 Å². The Morgan fingerprint density at radius 2 is 2.11 bits per heavy atom. The first-order valence-corrected chi connectivity index (χ1v) is 11.4. The van der Waals surface area contributed by atoms with Gasteiger partial charge < -0.3 is 10.2 Å². The standard InChI is InChI=1S/C18H26N4O4S2/c1-21(2)11-10-14(13-27-15-6-4-3-5-7-15)20-17-9-8-16(28(19,25)26)12-18(17)22(23)24/h4,6-9,12,14,20H,3,5,10-11,13H2,1-2H3,(H2,19,25,26). The maximum absolute atomic E-state index is 11.5. The second-order valence-electron chi connectivity index (χ2n) is 6.81. The van der Waals surface area contributed by atoms with Gasteiger partial charge in [-0.3, -0.25) is 10.1 Å². The summed E-state index contributed by atoms with van der Waals surface area (Å²) in [5, 5.41) is 19.8. The van der Waals surface area contributed by atoms with Crippen molar-refractivity contribution in [1.82, 2.24) is 4.90 Å². The van der Waals surface area contributed by atoms with Crippen LogP contribution in [0.4, 0.5) is 11.4 Å². The van der Waals surface area contributed by atoms with E-state index in [2.05, 4.69) is 28.4 Å². The highest BCUT2D eigenvalue weighted by Crippen LogP contribution is 2.30. The summed E-state index contributed by atoms with van der Waals surface area (Å²) in [6.45, 7) is 0.816. The normalized spacial score (nSPS) is 15.4. The number of anilines is 1. The molecular formula is C18H26N4O4S2. The molecular weight excluding hydrogens is 400 g/mol. The number of allylic oxidation sites excluding steroid dienone is 3. The average Bonchev–Trinajstić information content (AvgIpc) is 2.63. The summed E-state index contributed by atoms with van der Waals surface area (Å²) in [4.78, 5) is 13.8. The van der Waals surface area contributed by atoms with Crippen LogP contribution in [0.15, 0.2) is 46.2 Å². The molecule has 0 saturated heterocycles. The fourth-order valence-electron chi connectivity index (χ4n) is 2.69. The molecule has 0 heterocycles. The number of nitrogens with one attached hydrogen (secondary N) is 1. The van der Waals surface area contributed by atoms with E-state index in [1.807, 2.05) is 14.1 Å². The lowest BCUT2D eigenvalue weighted by Gasteiger charge is -2.22. The molecule has 10 heteroatoms. The van der Waals surface area contributed by atoms with Gasteiger partial charge in [0.05, 0.1) is 9.82 Å². The molecule has 0 bridgehead atoms. The Morgan fingerprint density at radius 1 is 1.36 bits per heavy atom. The van der Waals surface area contributed by atoms with Crippen molar-refractivity contribution in [3.63, 3.8) is 0 Å². The summed E-state index contributed by atoms with van der Waals surface area (Å²) in [6, 6.07) is 3.67. The smallest absolute Gasteiger partial charge is 0.293 e. The van der Waals surface area contributed by atoms with Crippen molar-refractivity contribution in [3.8, 4) is 0 Å². The molecule has 8 nitrogen and oxygen atoms in total. The van der Waals surface area contributed by atoms with Crippen molar-refractivity contribution in [2.75, 3.05) is 31.7 Å². The summed E-state index contributed by atoms with van der Waals surface area (Å²) >= 11 is 1.71. The van der Waals surface area contributed by atoms with E-state index in [0.717, 1.165) is 37.6 Å². The lowest BCUT2D eigenvalue weighted by Crippen LogP contribution is -2.28. The predicted molar refractivity (Wildman–Crippen MR) is 114 cm³/mol. The van der Waals surface area contributed by atoms with E-state index in [-0.39, 0.29) is 22.3 Å². The summed E-state index contributed by atoms with van der Waals surface area (Å²) in [6.07, 6.45) is 9.29. The molecule has 0 spiro atoms. The number of rotatable bonds is 10. The minimum Gasteiger partial charge on any atom is -0.376 e. The monoisotopic (exact) mass is 426 g/mol. The number of nitrogens with zero attached hydrogens (tertiary/aromatic N) is 2. The molecule has 0 radical (unpaired) electrons. The van der Waals surface area contributed by atoms with Gasteiger partial charge >= 0.3 is 0 Å². The Balaban J connectivity index is 2.20. The fraction of sp³-hybridized carbons (Fsp3) is 0.444. The van der Waals surface area contributed by atoms with E-state index in [0.29, 0.717) is 0 Å². The van der Waals surface area contributed by atoms with Crippen LogP contribution in [-0.2, 0) is 10.0 Å². The highest BCUT2D eigenvalue weighted by molar-refractivity contribution is 8.03. The maximum atomic E-state index is 11.5. The molecule has 0 fully saturated rings. The van der Waals surface area contributed by atoms with Gasteiger partial charge in [0.15, 0.2) is 0 Å². The number of primary sulfonamides is 1. The van der Waals surface area contributed by atoms with Crippen molar-refractivity contribution in [1.29, 1.82) is 0 Å². The Hall–Kier alpha value is -1.88. The summed E-state index contributed by atoms with van der Waals surface area (Å²) < 4.78 is 23.0. The summed E-state index contributed by atoms with van der Waals surface area (Å²) in [5.41, 5.74) is -0.0157. The van der Waals surface area contributed by atoms with E-state index in [1.54, 1.807) is 11.8 Å². The maximum Gasteiger partial charge on any atom is 0.293 e. The molecule has 1 aliphatic carbocycles. The quantitative estimate of drug-likeness (QED) is 0.436. The highest BCUT2D eigenvalue weighted by atomic mass is 32.2. The molecule has 0 aliphatic heterocycles. The summed E-state index contributed by atoms with van der Waals surface area (Å²) in [7, 11) is -0.0640. The van der Waals surface area contributed by atoms with Crippen LogP contribution in [0.25, 0.3) is 0 Å². The Bertz CT molecular complexity index is 866. The lowest BCUT2D eigenvalue weighted by molar-refractivity contribution is -0.384. The Labute approximate surface area is 170 Å². The first-order valence-electron chi connectivity index (χ1n) is 8.89. The molecule has 28 heavy (non-hydrogen) atoms. The van der Waals surface area contributed by atoms with Gasteiger partial charge in [-0.1, -0.05) is 18.2 Å². The Morgan fingerprint density at radius 3 is 2.68 bits per heavy atom. The lowest BCUT2D eigenvalue weighted by atomic mass is 10.2. The number of nitro benzene ring substituents is 1. The third-order valence-corrected chi connectivity index (χ3v) is 6.31. The van der Waals surface area contributed by atoms with E-state index < -0.39 is 14.9 Å². The van der Waals surface area contributed by atoms with Crippen LogP contribution in [-0.4, -0.2) is 50.7 Å². The number of benzene rings is 1. The molecule has 1 aliphatic rings. The third kappa shape index (κ3) is 6.93. The average molecular weight is 427 g/mol. The minimum absolute atomic E-state index is 0.0253. The van der Waals surface area contributed by atoms with E-state index in [9.17, 15) is 18.5 Å². The molecule has 2 rings (SSSR count). The van der Waals surface area contributed by atoms with Gasteiger partial charge in [0.25, 0.3) is 5.69 Å². The van der Waals surface area contributed by atoms with Gasteiger partial charge in [-0.15, -0.1) is 11.8 Å². The van der Waals surface area contributed by atoms with Crippen molar-refractivity contribution in [2.24, 2.45) is 5.14 Å². The first kappa shape index (κ1) is 22.4. The SMILES string of the molecule is CN(C)CCC(CSC1=CCCC=C1)Nc1ccc(S(N)(=O)=O)cc1[N+](=O)[O-]. The van der Waals surface area contributed by atoms with Gasteiger partial charge in [0, 0.05) is 22.8 Å². The van der Waals surface area contributed by atoms with Gasteiger partial charge in [0.1, 0.15) is 5.69 Å². The van der Waals surface area contributed by atoms with Crippen LogP contribution in [0, 0.1) is 10.1 Å². The molecule has 154 valence electrons. The summed E-state index contributed by atoms with van der Waals surface area (Å²) in [5.74, 6) is 0.734. The first-order chi connectivity index (χ1) is 13.2. The van der Waals surface area contributed by atoms with E-state index >= 15 is 0 Å². The molecule has 0 aromatic heterocycles. The Kier molecular flexibility index (Phi) is 8.05. The molecule has 1 aromatic carbocycles. The van der Waals surface area contributed by atoms with E-state index in [1.165, 1.54) is 17.0 Å². The zero-order chi connectivity index (χ0) is 20.7. The topological polar surface area (TPSA) is 119 Å². The van der Waals surface area contributed by atoms with Gasteiger partial charge in [-0.2, -0.15) is 0 Å². The molecule has 3 N–H and O–H groups in total. The van der Waals surface area contributed by atoms with Crippen molar-refractivity contribution in [2.45, 2.75) is 30.2 Å². The zero-order valence-corrected chi connectivity index (χ0v) is 17.6. The molecule has 0 saturated carbocycles. The van der Waals surface area contributed by atoms with Crippen molar-refractivity contribution < 1.29 is 13.3 Å². The number of hydrogen-bond donors (Lipinski definition) is 2. The van der Waals surface area contributed by atoms with Gasteiger partial charge in [-0.05, 0) is 52.0 Å². The molecule has 1 atom stereocenters. The van der Waals surface area contributed by atoms with Crippen LogP contribution in [0.5, 0.6) is 0 Å².